The van der Waals surface area contributed by atoms with Crippen molar-refractivity contribution >= 4 is 11.8 Å². The Bertz CT molecular complexity index is 795. The highest BCUT2D eigenvalue weighted by atomic mass is 16.6. The third kappa shape index (κ3) is 3.26. The van der Waals surface area contributed by atoms with Gasteiger partial charge in [-0.3, -0.25) is 0 Å². The number of nitrogens with one attached hydrogen (secondary N) is 1. The number of aromatic nitrogens is 2. The Morgan fingerprint density at radius 1 is 1.15 bits per heavy atom. The molecule has 0 saturated heterocycles. The van der Waals surface area contributed by atoms with Gasteiger partial charge in [-0.1, -0.05) is 12.1 Å². The Labute approximate surface area is 153 Å². The smallest absolute Gasteiger partial charge is 0.227 e. The fourth-order valence-corrected chi connectivity index (χ4v) is 3.39. The molecular formula is C19H25N5O2. The summed E-state index contributed by atoms with van der Waals surface area (Å²) in [5, 5.41) is 3.39. The second-order valence-electron chi connectivity index (χ2n) is 6.97. The normalized spacial score (nSPS) is 18.2. The van der Waals surface area contributed by atoms with Crippen LogP contribution in [0.2, 0.25) is 0 Å². The highest BCUT2D eigenvalue weighted by Gasteiger charge is 2.25. The maximum atomic E-state index is 6.11. The summed E-state index contributed by atoms with van der Waals surface area (Å²) in [6, 6.07) is 7.81. The molecule has 0 spiro atoms. The Morgan fingerprint density at radius 3 is 2.77 bits per heavy atom. The number of ether oxygens (including phenoxy) is 2. The van der Waals surface area contributed by atoms with Crippen molar-refractivity contribution in [2.75, 3.05) is 50.6 Å². The molecule has 0 radical (unpaired) electrons. The third-order valence-electron chi connectivity index (χ3n) is 4.71. The van der Waals surface area contributed by atoms with Crippen LogP contribution in [0.15, 0.2) is 24.3 Å². The SMILES string of the molecule is CN(C)c1nc2c(c(N(C)CC3COc4ccccc4O3)n1)CCNC2. The third-order valence-corrected chi connectivity index (χ3v) is 4.71. The lowest BCUT2D eigenvalue weighted by Gasteiger charge is -2.32. The lowest BCUT2D eigenvalue weighted by Crippen LogP contribution is -2.40. The molecule has 4 rings (SSSR count). The van der Waals surface area contributed by atoms with Crippen molar-refractivity contribution in [3.63, 3.8) is 0 Å². The average molecular weight is 355 g/mol. The minimum absolute atomic E-state index is 0.0370. The van der Waals surface area contributed by atoms with Gasteiger partial charge in [0.05, 0.1) is 12.2 Å². The van der Waals surface area contributed by atoms with E-state index in [0.717, 1.165) is 48.5 Å². The van der Waals surface area contributed by atoms with E-state index >= 15 is 0 Å². The Hall–Kier alpha value is -2.54. The van der Waals surface area contributed by atoms with E-state index in [0.29, 0.717) is 13.2 Å². The number of hydrogen-bond acceptors (Lipinski definition) is 7. The van der Waals surface area contributed by atoms with Crippen molar-refractivity contribution in [3.05, 3.63) is 35.5 Å². The van der Waals surface area contributed by atoms with Crippen LogP contribution in [0.25, 0.3) is 0 Å². The number of rotatable bonds is 4. The predicted octanol–water partition coefficient (Wildman–Crippen LogP) is 1.46. The summed E-state index contributed by atoms with van der Waals surface area (Å²) in [5.74, 6) is 3.34. The van der Waals surface area contributed by atoms with Gasteiger partial charge < -0.3 is 24.6 Å². The fraction of sp³-hybridized carbons (Fsp3) is 0.474. The number of fused-ring (bicyclic) bond motifs is 2. The number of likely N-dealkylation sites (N-methyl/N-ethyl adjacent to an activating group) is 1. The highest BCUT2D eigenvalue weighted by molar-refractivity contribution is 5.54. The topological polar surface area (TPSA) is 62.8 Å². The number of nitrogens with zero attached hydrogens (tertiary/aromatic N) is 4. The molecule has 138 valence electrons. The fourth-order valence-electron chi connectivity index (χ4n) is 3.39. The van der Waals surface area contributed by atoms with E-state index in [4.69, 9.17) is 19.4 Å². The molecule has 26 heavy (non-hydrogen) atoms. The molecular weight excluding hydrogens is 330 g/mol. The van der Waals surface area contributed by atoms with Gasteiger partial charge in [-0.15, -0.1) is 0 Å². The van der Waals surface area contributed by atoms with E-state index in [1.54, 1.807) is 0 Å². The van der Waals surface area contributed by atoms with Gasteiger partial charge in [0, 0.05) is 33.3 Å². The van der Waals surface area contributed by atoms with Gasteiger partial charge in [0.2, 0.25) is 5.95 Å². The van der Waals surface area contributed by atoms with Crippen LogP contribution >= 0.6 is 0 Å². The first kappa shape index (κ1) is 16.9. The minimum atomic E-state index is -0.0370. The van der Waals surface area contributed by atoms with Gasteiger partial charge in [0.1, 0.15) is 12.4 Å². The monoisotopic (exact) mass is 355 g/mol. The predicted molar refractivity (Wildman–Crippen MR) is 101 cm³/mol. The molecule has 0 amide bonds. The first-order valence-electron chi connectivity index (χ1n) is 8.99. The summed E-state index contributed by atoms with van der Waals surface area (Å²) in [5.41, 5.74) is 2.32. The molecule has 2 aliphatic heterocycles. The summed E-state index contributed by atoms with van der Waals surface area (Å²) < 4.78 is 12.0. The molecule has 7 heteroatoms. The molecule has 3 heterocycles. The number of hydrogen-bond donors (Lipinski definition) is 1. The standard InChI is InChI=1S/C19H25N5O2/c1-23(2)19-21-15-10-20-9-8-14(15)18(22-19)24(3)11-13-12-25-16-6-4-5-7-17(16)26-13/h4-7,13,20H,8-12H2,1-3H3. The lowest BCUT2D eigenvalue weighted by atomic mass is 10.1. The van der Waals surface area contributed by atoms with Crippen LogP contribution in [0.5, 0.6) is 11.5 Å². The zero-order valence-electron chi connectivity index (χ0n) is 15.5. The van der Waals surface area contributed by atoms with E-state index in [2.05, 4.69) is 17.3 Å². The van der Waals surface area contributed by atoms with Crippen LogP contribution < -0.4 is 24.6 Å². The second-order valence-corrected chi connectivity index (χ2v) is 6.97. The molecule has 0 fully saturated rings. The first-order valence-corrected chi connectivity index (χ1v) is 8.99. The maximum Gasteiger partial charge on any atom is 0.227 e. The number of benzene rings is 1. The van der Waals surface area contributed by atoms with Gasteiger partial charge in [0.15, 0.2) is 17.6 Å². The van der Waals surface area contributed by atoms with E-state index < -0.39 is 0 Å². The quantitative estimate of drug-likeness (QED) is 0.891. The molecule has 1 aromatic heterocycles. The van der Waals surface area contributed by atoms with Gasteiger partial charge >= 0.3 is 0 Å². The highest BCUT2D eigenvalue weighted by Crippen LogP contribution is 2.32. The van der Waals surface area contributed by atoms with Crippen molar-refractivity contribution in [1.29, 1.82) is 0 Å². The van der Waals surface area contributed by atoms with Gasteiger partial charge in [-0.05, 0) is 25.1 Å². The second kappa shape index (κ2) is 6.99. The average Bonchev–Trinajstić information content (AvgIpc) is 2.67. The van der Waals surface area contributed by atoms with Crippen LogP contribution in [-0.4, -0.2) is 56.9 Å². The maximum absolute atomic E-state index is 6.11. The van der Waals surface area contributed by atoms with Crippen molar-refractivity contribution in [2.45, 2.75) is 19.1 Å². The first-order chi connectivity index (χ1) is 12.6. The summed E-state index contributed by atoms with van der Waals surface area (Å²) in [6.45, 7) is 2.99. The van der Waals surface area contributed by atoms with Crippen LogP contribution in [-0.2, 0) is 13.0 Å². The van der Waals surface area contributed by atoms with Crippen LogP contribution in [0.1, 0.15) is 11.3 Å². The largest absolute Gasteiger partial charge is 0.486 e. The van der Waals surface area contributed by atoms with Crippen molar-refractivity contribution in [1.82, 2.24) is 15.3 Å². The van der Waals surface area contributed by atoms with Gasteiger partial charge in [0.25, 0.3) is 0 Å². The summed E-state index contributed by atoms with van der Waals surface area (Å²) in [7, 11) is 6.00. The molecule has 1 unspecified atom stereocenters. The van der Waals surface area contributed by atoms with Crippen LogP contribution in [0, 0.1) is 0 Å². The Balaban J connectivity index is 1.56. The molecule has 7 nitrogen and oxygen atoms in total. The van der Waals surface area contributed by atoms with Crippen LogP contribution in [0.4, 0.5) is 11.8 Å². The Kier molecular flexibility index (Phi) is 4.55. The van der Waals surface area contributed by atoms with E-state index in [1.807, 2.05) is 43.3 Å². The van der Waals surface area contributed by atoms with E-state index in [-0.39, 0.29) is 6.10 Å². The van der Waals surface area contributed by atoms with Crippen LogP contribution in [0.3, 0.4) is 0 Å². The summed E-state index contributed by atoms with van der Waals surface area (Å²) in [6.07, 6.45) is 0.901. The van der Waals surface area contributed by atoms with Crippen molar-refractivity contribution in [3.8, 4) is 11.5 Å². The molecule has 1 aromatic carbocycles. The zero-order chi connectivity index (χ0) is 18.1. The zero-order valence-corrected chi connectivity index (χ0v) is 15.5. The molecule has 0 bridgehead atoms. The van der Waals surface area contributed by atoms with E-state index in [9.17, 15) is 0 Å². The number of para-hydroxylation sites is 2. The number of anilines is 2. The lowest BCUT2D eigenvalue weighted by molar-refractivity contribution is 0.0959. The van der Waals surface area contributed by atoms with Crippen molar-refractivity contribution in [2.24, 2.45) is 0 Å². The molecule has 1 atom stereocenters. The van der Waals surface area contributed by atoms with Crippen molar-refractivity contribution < 1.29 is 9.47 Å². The summed E-state index contributed by atoms with van der Waals surface area (Å²) >= 11 is 0. The van der Waals surface area contributed by atoms with E-state index in [1.165, 1.54) is 5.56 Å². The molecule has 0 saturated carbocycles. The molecule has 1 N–H and O–H groups in total. The molecule has 0 aliphatic carbocycles. The Morgan fingerprint density at radius 2 is 1.96 bits per heavy atom. The van der Waals surface area contributed by atoms with Gasteiger partial charge in [-0.25, -0.2) is 4.98 Å². The van der Waals surface area contributed by atoms with Gasteiger partial charge in [-0.2, -0.15) is 4.98 Å². The minimum Gasteiger partial charge on any atom is -0.486 e. The molecule has 2 aliphatic rings. The summed E-state index contributed by atoms with van der Waals surface area (Å²) in [4.78, 5) is 13.6. The molecule has 2 aromatic rings.